The average Bonchev–Trinajstić information content (AvgIpc) is 2.72. The van der Waals surface area contributed by atoms with Crippen molar-refractivity contribution in [2.75, 3.05) is 25.1 Å². The molecule has 0 saturated heterocycles. The normalized spacial score (nSPS) is 12.6. The second kappa shape index (κ2) is 8.75. The first-order valence-corrected chi connectivity index (χ1v) is 8.76. The van der Waals surface area contributed by atoms with Crippen LogP contribution in [-0.4, -0.2) is 30.7 Å². The van der Waals surface area contributed by atoms with Crippen molar-refractivity contribution < 1.29 is 23.9 Å². The molecule has 1 aliphatic heterocycles. The second-order valence-corrected chi connectivity index (χ2v) is 5.86. The molecule has 1 N–H and O–H groups in total. The molecule has 0 bridgehead atoms. The summed E-state index contributed by atoms with van der Waals surface area (Å²) in [6.45, 7) is 2.80. The zero-order valence-corrected chi connectivity index (χ0v) is 15.5. The fourth-order valence-corrected chi connectivity index (χ4v) is 2.71. The number of anilines is 1. The molecule has 2 aromatic rings. The van der Waals surface area contributed by atoms with E-state index in [-0.39, 0.29) is 41.7 Å². The lowest BCUT2D eigenvalue weighted by atomic mass is 10.1. The molecule has 9 nitrogen and oxygen atoms in total. The Balaban J connectivity index is 1.93. The van der Waals surface area contributed by atoms with Gasteiger partial charge < -0.3 is 19.5 Å². The summed E-state index contributed by atoms with van der Waals surface area (Å²) in [4.78, 5) is 23.4. The fraction of sp³-hybridized carbons (Fsp3) is 0.200. The number of nitro benzene ring substituents is 1. The number of hydrogen-bond donors (Lipinski definition) is 1. The Kier molecular flexibility index (Phi) is 5.94. The number of nitriles is 1. The van der Waals surface area contributed by atoms with Gasteiger partial charge in [0.25, 0.3) is 11.6 Å². The lowest BCUT2D eigenvalue weighted by molar-refractivity contribution is -0.384. The number of fused-ring (bicyclic) bond motifs is 1. The molecule has 1 amide bonds. The third-order valence-corrected chi connectivity index (χ3v) is 3.99. The molecule has 29 heavy (non-hydrogen) atoms. The van der Waals surface area contributed by atoms with Crippen LogP contribution in [0.4, 0.5) is 11.4 Å². The Morgan fingerprint density at radius 3 is 2.66 bits per heavy atom. The summed E-state index contributed by atoms with van der Waals surface area (Å²) in [6.07, 6.45) is 1.37. The number of benzene rings is 2. The van der Waals surface area contributed by atoms with E-state index in [4.69, 9.17) is 14.2 Å². The van der Waals surface area contributed by atoms with E-state index in [2.05, 4.69) is 5.32 Å². The molecule has 0 saturated carbocycles. The van der Waals surface area contributed by atoms with Crippen LogP contribution in [-0.2, 0) is 4.79 Å². The van der Waals surface area contributed by atoms with Gasteiger partial charge in [-0.25, -0.2) is 0 Å². The van der Waals surface area contributed by atoms with Crippen molar-refractivity contribution in [1.82, 2.24) is 0 Å². The highest BCUT2D eigenvalue weighted by Gasteiger charge is 2.24. The molecule has 0 spiro atoms. The van der Waals surface area contributed by atoms with Crippen molar-refractivity contribution in [2.45, 2.75) is 6.92 Å². The molecule has 0 fully saturated rings. The molecule has 0 atom stereocenters. The summed E-state index contributed by atoms with van der Waals surface area (Å²) in [7, 11) is 0. The van der Waals surface area contributed by atoms with Crippen LogP contribution in [0.5, 0.6) is 17.2 Å². The zero-order valence-electron chi connectivity index (χ0n) is 15.5. The minimum Gasteiger partial charge on any atom is -0.493 e. The molecule has 0 unspecified atom stereocenters. The number of amides is 1. The number of carbonyl (C=O) groups excluding carboxylic acids is 1. The van der Waals surface area contributed by atoms with Gasteiger partial charge in [-0.15, -0.1) is 0 Å². The number of para-hydroxylation sites is 1. The molecular formula is C20H17N3O6. The van der Waals surface area contributed by atoms with Crippen molar-refractivity contribution in [3.8, 4) is 23.3 Å². The molecule has 9 heteroatoms. The summed E-state index contributed by atoms with van der Waals surface area (Å²) >= 11 is 0. The molecule has 0 aliphatic carbocycles. The standard InChI is InChI=1S/C20H17N3O6/c1-2-27-17-6-4-3-5-13(17)9-14(12-21)20(24)22-15-10-18-19(29-8-7-28-18)11-16(15)23(25)26/h3-6,9-11H,2,7-8H2,1H3,(H,22,24)/b14-9+. The van der Waals surface area contributed by atoms with E-state index >= 15 is 0 Å². The third kappa shape index (κ3) is 4.44. The number of rotatable bonds is 6. The fourth-order valence-electron chi connectivity index (χ4n) is 2.71. The van der Waals surface area contributed by atoms with Crippen molar-refractivity contribution in [1.29, 1.82) is 5.26 Å². The van der Waals surface area contributed by atoms with Gasteiger partial charge in [0.15, 0.2) is 11.5 Å². The van der Waals surface area contributed by atoms with Crippen LogP contribution < -0.4 is 19.5 Å². The summed E-state index contributed by atoms with van der Waals surface area (Å²) in [6, 6.07) is 11.2. The number of nitrogens with one attached hydrogen (secondary N) is 1. The van der Waals surface area contributed by atoms with Crippen LogP contribution in [0.15, 0.2) is 42.0 Å². The number of hydrogen-bond acceptors (Lipinski definition) is 7. The van der Waals surface area contributed by atoms with Gasteiger partial charge in [0.1, 0.15) is 36.3 Å². The first kappa shape index (κ1) is 19.7. The van der Waals surface area contributed by atoms with E-state index in [1.165, 1.54) is 18.2 Å². The predicted molar refractivity (Wildman–Crippen MR) is 104 cm³/mol. The first-order valence-electron chi connectivity index (χ1n) is 8.76. The lowest BCUT2D eigenvalue weighted by Crippen LogP contribution is -2.18. The third-order valence-electron chi connectivity index (χ3n) is 3.99. The minimum absolute atomic E-state index is 0.0940. The van der Waals surface area contributed by atoms with Crippen LogP contribution in [0.3, 0.4) is 0 Å². The van der Waals surface area contributed by atoms with Gasteiger partial charge in [-0.1, -0.05) is 18.2 Å². The zero-order chi connectivity index (χ0) is 20.8. The van der Waals surface area contributed by atoms with E-state index in [0.717, 1.165) is 0 Å². The molecule has 1 aliphatic rings. The number of ether oxygens (including phenoxy) is 3. The molecule has 148 valence electrons. The van der Waals surface area contributed by atoms with E-state index in [9.17, 15) is 20.2 Å². The van der Waals surface area contributed by atoms with Gasteiger partial charge in [-0.3, -0.25) is 14.9 Å². The molecule has 1 heterocycles. The Bertz CT molecular complexity index is 1030. The quantitative estimate of drug-likeness (QED) is 0.344. The van der Waals surface area contributed by atoms with Crippen molar-refractivity contribution in [2.24, 2.45) is 0 Å². The van der Waals surface area contributed by atoms with Crippen molar-refractivity contribution >= 4 is 23.4 Å². The molecule has 3 rings (SSSR count). The van der Waals surface area contributed by atoms with Crippen molar-refractivity contribution in [3.05, 3.63) is 57.6 Å². The number of carbonyl (C=O) groups is 1. The maximum atomic E-state index is 12.6. The Labute approximate surface area is 166 Å². The second-order valence-electron chi connectivity index (χ2n) is 5.86. The smallest absolute Gasteiger partial charge is 0.296 e. The summed E-state index contributed by atoms with van der Waals surface area (Å²) in [5.41, 5.74) is -0.155. The highest BCUT2D eigenvalue weighted by Crippen LogP contribution is 2.39. The minimum atomic E-state index is -0.793. The van der Waals surface area contributed by atoms with Crippen LogP contribution in [0.25, 0.3) is 6.08 Å². The Morgan fingerprint density at radius 2 is 2.00 bits per heavy atom. The summed E-state index contributed by atoms with van der Waals surface area (Å²) in [5, 5.41) is 23.2. The maximum Gasteiger partial charge on any atom is 0.296 e. The summed E-state index contributed by atoms with van der Waals surface area (Å²) in [5.74, 6) is 0.225. The van der Waals surface area contributed by atoms with Crippen molar-refractivity contribution in [3.63, 3.8) is 0 Å². The average molecular weight is 395 g/mol. The molecule has 0 radical (unpaired) electrons. The number of nitrogens with zero attached hydrogens (tertiary/aromatic N) is 2. The van der Waals surface area contributed by atoms with Gasteiger partial charge >= 0.3 is 0 Å². The Hall–Kier alpha value is -4.06. The molecular weight excluding hydrogens is 378 g/mol. The predicted octanol–water partition coefficient (Wildman–Crippen LogP) is 3.31. The molecule has 0 aromatic heterocycles. The van der Waals surface area contributed by atoms with Crippen LogP contribution in [0.2, 0.25) is 0 Å². The topological polar surface area (TPSA) is 124 Å². The van der Waals surface area contributed by atoms with Gasteiger partial charge in [-0.2, -0.15) is 5.26 Å². The maximum absolute atomic E-state index is 12.6. The van der Waals surface area contributed by atoms with Crippen LogP contribution in [0, 0.1) is 21.4 Å². The van der Waals surface area contributed by atoms with Crippen LogP contribution in [0.1, 0.15) is 12.5 Å². The Morgan fingerprint density at radius 1 is 1.31 bits per heavy atom. The monoisotopic (exact) mass is 395 g/mol. The van der Waals surface area contributed by atoms with Gasteiger partial charge in [0, 0.05) is 11.6 Å². The number of nitro groups is 1. The lowest BCUT2D eigenvalue weighted by Gasteiger charge is -2.19. The summed E-state index contributed by atoms with van der Waals surface area (Å²) < 4.78 is 16.2. The van der Waals surface area contributed by atoms with Gasteiger partial charge in [0.2, 0.25) is 0 Å². The van der Waals surface area contributed by atoms with Gasteiger partial charge in [-0.05, 0) is 19.1 Å². The molecule has 2 aromatic carbocycles. The van der Waals surface area contributed by atoms with E-state index < -0.39 is 10.8 Å². The van der Waals surface area contributed by atoms with Crippen LogP contribution >= 0.6 is 0 Å². The van der Waals surface area contributed by atoms with E-state index in [0.29, 0.717) is 17.9 Å². The highest BCUT2D eigenvalue weighted by molar-refractivity contribution is 6.10. The largest absolute Gasteiger partial charge is 0.493 e. The first-order chi connectivity index (χ1) is 14.0. The van der Waals surface area contributed by atoms with Gasteiger partial charge in [0.05, 0.1) is 17.6 Å². The highest BCUT2D eigenvalue weighted by atomic mass is 16.6. The van der Waals surface area contributed by atoms with E-state index in [1.807, 2.05) is 13.0 Å². The van der Waals surface area contributed by atoms with E-state index in [1.54, 1.807) is 24.3 Å². The SMILES string of the molecule is CCOc1ccccc1/C=C(\C#N)C(=O)Nc1cc2c(cc1[N+](=O)[O-])OCCO2.